The highest BCUT2D eigenvalue weighted by molar-refractivity contribution is 5.78. The molecule has 2 N–H and O–H groups in total. The van der Waals surface area contributed by atoms with Crippen molar-refractivity contribution in [2.45, 2.75) is 26.8 Å². The third-order valence-electron chi connectivity index (χ3n) is 2.16. The van der Waals surface area contributed by atoms with E-state index >= 15 is 0 Å². The van der Waals surface area contributed by atoms with Gasteiger partial charge in [0.05, 0.1) is 12.8 Å². The maximum Gasteiger partial charge on any atom is 0.213 e. The van der Waals surface area contributed by atoms with Crippen molar-refractivity contribution in [1.29, 1.82) is 0 Å². The molecule has 5 nitrogen and oxygen atoms in total. The van der Waals surface area contributed by atoms with Gasteiger partial charge in [-0.3, -0.25) is 0 Å². The summed E-state index contributed by atoms with van der Waals surface area (Å²) in [5.41, 5.74) is 4.70. The zero-order valence-electron chi connectivity index (χ0n) is 12.9. The highest BCUT2D eigenvalue weighted by atomic mass is 16.5. The van der Waals surface area contributed by atoms with Crippen molar-refractivity contribution in [1.82, 2.24) is 15.7 Å². The second-order valence-electron chi connectivity index (χ2n) is 4.21. The molecule has 0 aliphatic heterocycles. The third kappa shape index (κ3) is 10.1. The van der Waals surface area contributed by atoms with E-state index in [2.05, 4.69) is 27.4 Å². The highest BCUT2D eigenvalue weighted by Gasteiger charge is 1.95. The molecule has 0 aromatic carbocycles. The average molecular weight is 278 g/mol. The van der Waals surface area contributed by atoms with Gasteiger partial charge in [0.15, 0.2) is 0 Å². The minimum Gasteiger partial charge on any atom is -0.481 e. The van der Waals surface area contributed by atoms with Crippen LogP contribution < -0.4 is 15.5 Å². The van der Waals surface area contributed by atoms with Gasteiger partial charge in [-0.15, -0.1) is 6.58 Å². The van der Waals surface area contributed by atoms with Crippen molar-refractivity contribution in [2.75, 3.05) is 20.7 Å². The van der Waals surface area contributed by atoms with Gasteiger partial charge >= 0.3 is 0 Å². The quantitative estimate of drug-likeness (QED) is 0.348. The molecule has 1 aromatic rings. The first-order valence-corrected chi connectivity index (χ1v) is 6.63. The van der Waals surface area contributed by atoms with Crippen LogP contribution in [0.3, 0.4) is 0 Å². The SMILES string of the molecule is C=CCCNCc1cccc(OC)n1.CNN=C(C)C. The molecule has 0 bridgehead atoms. The van der Waals surface area contributed by atoms with Crippen molar-refractivity contribution in [3.05, 3.63) is 36.5 Å². The maximum absolute atomic E-state index is 5.03. The van der Waals surface area contributed by atoms with Gasteiger partial charge in [-0.05, 0) is 32.9 Å². The summed E-state index contributed by atoms with van der Waals surface area (Å²) in [7, 11) is 3.41. The van der Waals surface area contributed by atoms with Crippen LogP contribution in [-0.2, 0) is 6.54 Å². The van der Waals surface area contributed by atoms with Gasteiger partial charge in [-0.2, -0.15) is 5.10 Å². The zero-order valence-corrected chi connectivity index (χ0v) is 12.9. The molecule has 0 amide bonds. The summed E-state index contributed by atoms with van der Waals surface area (Å²) < 4.78 is 5.03. The van der Waals surface area contributed by atoms with E-state index in [1.54, 1.807) is 14.2 Å². The minimum absolute atomic E-state index is 0.660. The summed E-state index contributed by atoms with van der Waals surface area (Å²) >= 11 is 0. The molecule has 1 aromatic heterocycles. The first-order chi connectivity index (χ1) is 9.63. The molecule has 1 heterocycles. The smallest absolute Gasteiger partial charge is 0.213 e. The number of pyridine rings is 1. The van der Waals surface area contributed by atoms with Crippen LogP contribution in [0.2, 0.25) is 0 Å². The number of ether oxygens (including phenoxy) is 1. The molecule has 0 saturated carbocycles. The Morgan fingerprint density at radius 3 is 2.70 bits per heavy atom. The molecule has 0 unspecified atom stereocenters. The summed E-state index contributed by atoms with van der Waals surface area (Å²) in [5.74, 6) is 0.660. The summed E-state index contributed by atoms with van der Waals surface area (Å²) in [6, 6.07) is 5.76. The second kappa shape index (κ2) is 12.2. The number of nitrogens with zero attached hydrogens (tertiary/aromatic N) is 2. The van der Waals surface area contributed by atoms with Crippen molar-refractivity contribution >= 4 is 5.71 Å². The molecule has 0 aliphatic rings. The van der Waals surface area contributed by atoms with Gasteiger partial charge in [0.25, 0.3) is 0 Å². The van der Waals surface area contributed by atoms with Crippen LogP contribution in [0.5, 0.6) is 5.88 Å². The summed E-state index contributed by atoms with van der Waals surface area (Å²) in [6.07, 6.45) is 2.87. The Hall–Kier alpha value is -1.88. The van der Waals surface area contributed by atoms with Gasteiger partial charge in [0.1, 0.15) is 0 Å². The number of rotatable bonds is 7. The fraction of sp³-hybridized carbons (Fsp3) is 0.467. The Morgan fingerprint density at radius 1 is 1.45 bits per heavy atom. The molecule has 0 radical (unpaired) electrons. The van der Waals surface area contributed by atoms with Crippen LogP contribution in [0.1, 0.15) is 26.0 Å². The number of aromatic nitrogens is 1. The van der Waals surface area contributed by atoms with E-state index in [-0.39, 0.29) is 0 Å². The van der Waals surface area contributed by atoms with Crippen LogP contribution >= 0.6 is 0 Å². The predicted octanol–water partition coefficient (Wildman–Crippen LogP) is 2.36. The Bertz CT molecular complexity index is 401. The second-order valence-corrected chi connectivity index (χ2v) is 4.21. The number of hydrazone groups is 1. The fourth-order valence-electron chi connectivity index (χ4n) is 1.31. The van der Waals surface area contributed by atoms with Crippen molar-refractivity contribution in [2.24, 2.45) is 5.10 Å². The van der Waals surface area contributed by atoms with Gasteiger partial charge in [0, 0.05) is 25.4 Å². The van der Waals surface area contributed by atoms with E-state index in [1.807, 2.05) is 38.1 Å². The van der Waals surface area contributed by atoms with E-state index in [0.29, 0.717) is 5.88 Å². The van der Waals surface area contributed by atoms with E-state index in [1.165, 1.54) is 0 Å². The molecular weight excluding hydrogens is 252 g/mol. The Kier molecular flexibility index (Phi) is 11.0. The normalized spacial score (nSPS) is 9.00. The molecule has 0 aliphatic carbocycles. The van der Waals surface area contributed by atoms with Crippen LogP contribution in [0, 0.1) is 0 Å². The van der Waals surface area contributed by atoms with Gasteiger partial charge < -0.3 is 15.5 Å². The van der Waals surface area contributed by atoms with Crippen molar-refractivity contribution in [3.63, 3.8) is 0 Å². The van der Waals surface area contributed by atoms with Crippen LogP contribution in [-0.4, -0.2) is 31.4 Å². The maximum atomic E-state index is 5.03. The first-order valence-electron chi connectivity index (χ1n) is 6.63. The molecule has 0 saturated heterocycles. The lowest BCUT2D eigenvalue weighted by Crippen LogP contribution is -2.14. The standard InChI is InChI=1S/C11H16N2O.C4H10N2/c1-3-4-8-12-9-10-6-5-7-11(13-10)14-2;1-4(2)6-5-3/h3,5-7,12H,1,4,8-9H2,2H3;5H,1-3H3. The molecule has 0 spiro atoms. The highest BCUT2D eigenvalue weighted by Crippen LogP contribution is 2.05. The topological polar surface area (TPSA) is 58.5 Å². The molecule has 0 atom stereocenters. The number of methoxy groups -OCH3 is 1. The number of hydrogen-bond donors (Lipinski definition) is 2. The van der Waals surface area contributed by atoms with Crippen molar-refractivity contribution in [3.8, 4) is 5.88 Å². The summed E-state index contributed by atoms with van der Waals surface area (Å²) in [5, 5.41) is 7.06. The van der Waals surface area contributed by atoms with Crippen LogP contribution in [0.15, 0.2) is 36.0 Å². The Labute approximate surface area is 122 Å². The Balaban J connectivity index is 0.000000511. The molecule has 1 rings (SSSR count). The zero-order chi connectivity index (χ0) is 15.2. The fourth-order valence-corrected chi connectivity index (χ4v) is 1.31. The summed E-state index contributed by atoms with van der Waals surface area (Å²) in [4.78, 5) is 4.28. The molecule has 112 valence electrons. The molecule has 20 heavy (non-hydrogen) atoms. The average Bonchev–Trinajstić information content (AvgIpc) is 2.44. The van der Waals surface area contributed by atoms with E-state index in [4.69, 9.17) is 4.74 Å². The summed E-state index contributed by atoms with van der Waals surface area (Å²) in [6.45, 7) is 9.24. The van der Waals surface area contributed by atoms with Gasteiger partial charge in [0.2, 0.25) is 5.88 Å². The lowest BCUT2D eigenvalue weighted by atomic mass is 10.3. The van der Waals surface area contributed by atoms with Crippen LogP contribution in [0.25, 0.3) is 0 Å². The lowest BCUT2D eigenvalue weighted by molar-refractivity contribution is 0.395. The predicted molar refractivity (Wildman–Crippen MR) is 85.2 cm³/mol. The first kappa shape index (κ1) is 18.1. The van der Waals surface area contributed by atoms with E-state index in [0.717, 1.165) is 30.9 Å². The number of nitrogens with one attached hydrogen (secondary N) is 2. The van der Waals surface area contributed by atoms with E-state index in [9.17, 15) is 0 Å². The van der Waals surface area contributed by atoms with Gasteiger partial charge in [-0.1, -0.05) is 12.1 Å². The minimum atomic E-state index is 0.660. The Morgan fingerprint density at radius 2 is 2.20 bits per heavy atom. The van der Waals surface area contributed by atoms with Crippen LogP contribution in [0.4, 0.5) is 0 Å². The van der Waals surface area contributed by atoms with Crippen molar-refractivity contribution < 1.29 is 4.74 Å². The third-order valence-corrected chi connectivity index (χ3v) is 2.16. The monoisotopic (exact) mass is 278 g/mol. The largest absolute Gasteiger partial charge is 0.481 e. The molecule has 0 fully saturated rings. The molecule has 5 heteroatoms. The molecular formula is C15H26N4O. The van der Waals surface area contributed by atoms with Gasteiger partial charge in [-0.25, -0.2) is 4.98 Å². The number of hydrogen-bond acceptors (Lipinski definition) is 5. The van der Waals surface area contributed by atoms with E-state index < -0.39 is 0 Å². The lowest BCUT2D eigenvalue weighted by Gasteiger charge is -2.04.